The summed E-state index contributed by atoms with van der Waals surface area (Å²) in [6.07, 6.45) is -3.03. The van der Waals surface area contributed by atoms with E-state index in [4.69, 9.17) is 0 Å². The fraction of sp³-hybridized carbons (Fsp3) is 0.125. The van der Waals surface area contributed by atoms with Crippen LogP contribution >= 0.6 is 0 Å². The number of carboxylic acids is 1. The maximum absolute atomic E-state index is 12.6. The van der Waals surface area contributed by atoms with Crippen molar-refractivity contribution >= 4 is 29.2 Å². The molecular formula is C16H12F3N5O3. The van der Waals surface area contributed by atoms with E-state index in [2.05, 4.69) is 20.7 Å². The molecule has 3 aromatic rings. The van der Waals surface area contributed by atoms with Crippen LogP contribution in [0.5, 0.6) is 0 Å². The second kappa shape index (κ2) is 6.59. The summed E-state index contributed by atoms with van der Waals surface area (Å²) >= 11 is 0. The third-order valence-corrected chi connectivity index (χ3v) is 3.65. The maximum atomic E-state index is 12.6. The molecule has 0 unspecified atom stereocenters. The van der Waals surface area contributed by atoms with Gasteiger partial charge in [-0.1, -0.05) is 0 Å². The number of fused-ring (bicyclic) bond motifs is 1. The van der Waals surface area contributed by atoms with Gasteiger partial charge in [0.05, 0.1) is 17.4 Å². The minimum Gasteiger partial charge on any atom is -0.478 e. The highest BCUT2D eigenvalue weighted by atomic mass is 19.4. The first-order valence-corrected chi connectivity index (χ1v) is 7.49. The molecule has 8 nitrogen and oxygen atoms in total. The fourth-order valence-electron chi connectivity index (χ4n) is 2.32. The van der Waals surface area contributed by atoms with Crippen LogP contribution in [-0.2, 0) is 6.18 Å². The van der Waals surface area contributed by atoms with E-state index in [1.807, 2.05) is 0 Å². The third-order valence-electron chi connectivity index (χ3n) is 3.65. The normalized spacial score (nSPS) is 11.4. The van der Waals surface area contributed by atoms with Gasteiger partial charge >= 0.3 is 12.1 Å². The molecule has 0 atom stereocenters. The summed E-state index contributed by atoms with van der Waals surface area (Å²) in [5, 5.41) is 18.4. The molecule has 1 aromatic carbocycles. The lowest BCUT2D eigenvalue weighted by Crippen LogP contribution is -2.14. The topological polar surface area (TPSA) is 109 Å². The average molecular weight is 379 g/mol. The van der Waals surface area contributed by atoms with Crippen LogP contribution in [0, 0.1) is 0 Å². The minimum atomic E-state index is -4.50. The molecule has 1 amide bonds. The predicted molar refractivity (Wildman–Crippen MR) is 88.9 cm³/mol. The fourth-order valence-corrected chi connectivity index (χ4v) is 2.32. The number of nitrogens with zero attached hydrogens (tertiary/aromatic N) is 3. The molecule has 0 aliphatic rings. The van der Waals surface area contributed by atoms with Crippen molar-refractivity contribution in [2.24, 2.45) is 0 Å². The third kappa shape index (κ3) is 3.66. The average Bonchev–Trinajstić information content (AvgIpc) is 3.02. The molecule has 0 radical (unpaired) electrons. The highest BCUT2D eigenvalue weighted by Gasteiger charge is 2.30. The number of halogens is 3. The second-order valence-corrected chi connectivity index (χ2v) is 5.43. The summed E-state index contributed by atoms with van der Waals surface area (Å²) in [5.41, 5.74) is -0.578. The SMILES string of the molecule is CNc1cc(C(=O)O)c2nc(NC(=O)c3ccc(C(F)(F)F)cc3)nn2c1. The van der Waals surface area contributed by atoms with Crippen LogP contribution in [0.4, 0.5) is 24.8 Å². The van der Waals surface area contributed by atoms with E-state index in [9.17, 15) is 27.9 Å². The van der Waals surface area contributed by atoms with Gasteiger partial charge in [-0.25, -0.2) is 9.31 Å². The Morgan fingerprint density at radius 2 is 1.85 bits per heavy atom. The monoisotopic (exact) mass is 379 g/mol. The zero-order valence-corrected chi connectivity index (χ0v) is 13.7. The quantitative estimate of drug-likeness (QED) is 0.643. The molecule has 11 heteroatoms. The Morgan fingerprint density at radius 1 is 1.19 bits per heavy atom. The van der Waals surface area contributed by atoms with Crippen molar-refractivity contribution in [1.29, 1.82) is 0 Å². The highest BCUT2D eigenvalue weighted by molar-refractivity contribution is 6.03. The van der Waals surface area contributed by atoms with Gasteiger partial charge in [0.25, 0.3) is 5.91 Å². The van der Waals surface area contributed by atoms with Gasteiger partial charge in [-0.15, -0.1) is 5.10 Å². The Bertz CT molecular complexity index is 1030. The number of amides is 1. The lowest BCUT2D eigenvalue weighted by atomic mass is 10.1. The first-order valence-electron chi connectivity index (χ1n) is 7.49. The van der Waals surface area contributed by atoms with E-state index in [1.54, 1.807) is 7.05 Å². The molecule has 3 rings (SSSR count). The molecular weight excluding hydrogens is 367 g/mol. The van der Waals surface area contributed by atoms with Crippen molar-refractivity contribution in [3.63, 3.8) is 0 Å². The smallest absolute Gasteiger partial charge is 0.416 e. The number of carbonyl (C=O) groups excluding carboxylic acids is 1. The largest absolute Gasteiger partial charge is 0.478 e. The molecule has 2 heterocycles. The van der Waals surface area contributed by atoms with Crippen LogP contribution in [0.3, 0.4) is 0 Å². The Morgan fingerprint density at radius 3 is 2.41 bits per heavy atom. The lowest BCUT2D eigenvalue weighted by Gasteiger charge is -2.07. The van der Waals surface area contributed by atoms with Gasteiger partial charge in [-0.05, 0) is 30.3 Å². The van der Waals surface area contributed by atoms with Gasteiger partial charge in [0.15, 0.2) is 5.65 Å². The van der Waals surface area contributed by atoms with Gasteiger partial charge in [-0.3, -0.25) is 10.1 Å². The number of aromatic nitrogens is 3. The molecule has 0 aliphatic heterocycles. The zero-order chi connectivity index (χ0) is 19.8. The van der Waals surface area contributed by atoms with E-state index in [0.29, 0.717) is 5.69 Å². The number of aromatic carboxylic acids is 1. The predicted octanol–water partition coefficient (Wildman–Crippen LogP) is 2.74. The number of hydrogen-bond acceptors (Lipinski definition) is 5. The van der Waals surface area contributed by atoms with E-state index in [0.717, 1.165) is 24.3 Å². The summed E-state index contributed by atoms with van der Waals surface area (Å²) < 4.78 is 38.9. The molecule has 0 fully saturated rings. The van der Waals surface area contributed by atoms with E-state index < -0.39 is 23.6 Å². The van der Waals surface area contributed by atoms with E-state index >= 15 is 0 Å². The van der Waals surface area contributed by atoms with Crippen LogP contribution in [-0.4, -0.2) is 38.6 Å². The van der Waals surface area contributed by atoms with Crippen LogP contribution in [0.25, 0.3) is 5.65 Å². The molecule has 2 aromatic heterocycles. The maximum Gasteiger partial charge on any atom is 0.416 e. The summed E-state index contributed by atoms with van der Waals surface area (Å²) in [4.78, 5) is 27.5. The highest BCUT2D eigenvalue weighted by Crippen LogP contribution is 2.29. The number of hydrogen-bond donors (Lipinski definition) is 3. The number of anilines is 2. The molecule has 0 spiro atoms. The van der Waals surface area contributed by atoms with Crippen LogP contribution < -0.4 is 10.6 Å². The van der Waals surface area contributed by atoms with Crippen LogP contribution in [0.15, 0.2) is 36.5 Å². The first kappa shape index (κ1) is 18.2. The molecule has 0 aliphatic carbocycles. The van der Waals surface area contributed by atoms with Crippen molar-refractivity contribution in [2.75, 3.05) is 17.7 Å². The number of rotatable bonds is 4. The van der Waals surface area contributed by atoms with Gasteiger partial charge in [0.1, 0.15) is 5.56 Å². The standard InChI is InChI=1S/C16H12F3N5O3/c1-20-10-6-11(14(26)27)12-21-15(23-24(12)7-10)22-13(25)8-2-4-9(5-3-8)16(17,18)19/h2-7,20H,1H3,(H,26,27)(H,22,23,25). The molecule has 140 valence electrons. The second-order valence-electron chi connectivity index (χ2n) is 5.43. The molecule has 27 heavy (non-hydrogen) atoms. The molecule has 0 saturated carbocycles. The van der Waals surface area contributed by atoms with Crippen molar-refractivity contribution in [3.05, 3.63) is 53.2 Å². The van der Waals surface area contributed by atoms with Crippen molar-refractivity contribution in [1.82, 2.24) is 14.6 Å². The Hall–Kier alpha value is -3.63. The number of nitrogens with one attached hydrogen (secondary N) is 2. The van der Waals surface area contributed by atoms with Gasteiger partial charge in [0, 0.05) is 12.6 Å². The molecule has 3 N–H and O–H groups in total. The van der Waals surface area contributed by atoms with Crippen molar-refractivity contribution < 1.29 is 27.9 Å². The van der Waals surface area contributed by atoms with Gasteiger partial charge in [0.2, 0.25) is 5.95 Å². The first-order chi connectivity index (χ1) is 12.7. The molecule has 0 bridgehead atoms. The lowest BCUT2D eigenvalue weighted by molar-refractivity contribution is -0.137. The minimum absolute atomic E-state index is 0.00391. The summed E-state index contributed by atoms with van der Waals surface area (Å²) in [6.45, 7) is 0. The Labute approximate surface area is 149 Å². The van der Waals surface area contributed by atoms with Crippen molar-refractivity contribution in [3.8, 4) is 0 Å². The number of benzene rings is 1. The van der Waals surface area contributed by atoms with E-state index in [-0.39, 0.29) is 22.7 Å². The van der Waals surface area contributed by atoms with E-state index in [1.165, 1.54) is 16.8 Å². The summed E-state index contributed by atoms with van der Waals surface area (Å²) in [7, 11) is 1.59. The summed E-state index contributed by atoms with van der Waals surface area (Å²) in [6, 6.07) is 4.97. The van der Waals surface area contributed by atoms with Gasteiger partial charge in [-0.2, -0.15) is 18.2 Å². The van der Waals surface area contributed by atoms with Crippen molar-refractivity contribution in [2.45, 2.75) is 6.18 Å². The zero-order valence-electron chi connectivity index (χ0n) is 13.7. The Kier molecular flexibility index (Phi) is 4.44. The number of alkyl halides is 3. The summed E-state index contributed by atoms with van der Waals surface area (Å²) in [5.74, 6) is -2.15. The number of carbonyl (C=O) groups is 2. The van der Waals surface area contributed by atoms with Crippen LogP contribution in [0.1, 0.15) is 26.3 Å². The van der Waals surface area contributed by atoms with Gasteiger partial charge < -0.3 is 10.4 Å². The Balaban J connectivity index is 1.89. The number of pyridine rings is 1. The number of carboxylic acid groups (broad SMARTS) is 1. The molecule has 0 saturated heterocycles. The van der Waals surface area contributed by atoms with Crippen LogP contribution in [0.2, 0.25) is 0 Å².